The molecule has 0 spiro atoms. The van der Waals surface area contributed by atoms with Crippen LogP contribution in [0.2, 0.25) is 0 Å². The first-order valence-corrected chi connectivity index (χ1v) is 5.80. The summed E-state index contributed by atoms with van der Waals surface area (Å²) in [6.07, 6.45) is 2.30. The maximum Gasteiger partial charge on any atom is 0.0909 e. The zero-order valence-corrected chi connectivity index (χ0v) is 11.0. The SMILES string of the molecule is CCN(C)C=Nc1cc(C)c(CC#N)cc1C. The van der Waals surface area contributed by atoms with Gasteiger partial charge in [-0.25, -0.2) is 4.99 Å². The molecule has 0 fully saturated rings. The molecule has 3 heteroatoms. The molecule has 17 heavy (non-hydrogen) atoms. The Labute approximate surface area is 103 Å². The Morgan fingerprint density at radius 1 is 1.35 bits per heavy atom. The Morgan fingerprint density at radius 3 is 2.65 bits per heavy atom. The second-order valence-corrected chi connectivity index (χ2v) is 4.22. The lowest BCUT2D eigenvalue weighted by molar-refractivity contribution is 0.552. The third kappa shape index (κ3) is 3.60. The normalized spacial score (nSPS) is 10.5. The Bertz CT molecular complexity index is 455. The first-order valence-electron chi connectivity index (χ1n) is 5.80. The number of aliphatic imine (C=N–C) groups is 1. The van der Waals surface area contributed by atoms with Gasteiger partial charge in [-0.2, -0.15) is 5.26 Å². The van der Waals surface area contributed by atoms with Crippen molar-refractivity contribution in [1.82, 2.24) is 4.90 Å². The summed E-state index contributed by atoms with van der Waals surface area (Å²) in [6.45, 7) is 7.07. The standard InChI is InChI=1S/C14H19N3/c1-5-17(4)10-16-14-9-11(2)13(6-7-15)8-12(14)3/h8-10H,5-6H2,1-4H3. The molecule has 0 atom stereocenters. The predicted octanol–water partition coefficient (Wildman–Crippen LogP) is 2.98. The van der Waals surface area contributed by atoms with Crippen molar-refractivity contribution >= 4 is 12.0 Å². The summed E-state index contributed by atoms with van der Waals surface area (Å²) in [5.74, 6) is 0. The van der Waals surface area contributed by atoms with Crippen LogP contribution in [0.15, 0.2) is 17.1 Å². The molecule has 1 aromatic rings. The van der Waals surface area contributed by atoms with E-state index in [1.807, 2.05) is 38.2 Å². The summed E-state index contributed by atoms with van der Waals surface area (Å²) in [7, 11) is 2.00. The molecule has 1 aromatic carbocycles. The van der Waals surface area contributed by atoms with Crippen LogP contribution in [0.25, 0.3) is 0 Å². The van der Waals surface area contributed by atoms with E-state index in [0.717, 1.165) is 28.9 Å². The Balaban J connectivity index is 3.00. The summed E-state index contributed by atoms with van der Waals surface area (Å²) in [4.78, 5) is 6.48. The lowest BCUT2D eigenvalue weighted by atomic mass is 10.0. The van der Waals surface area contributed by atoms with Crippen molar-refractivity contribution in [1.29, 1.82) is 5.26 Å². The van der Waals surface area contributed by atoms with Crippen LogP contribution in [-0.2, 0) is 6.42 Å². The van der Waals surface area contributed by atoms with Crippen molar-refractivity contribution in [2.24, 2.45) is 4.99 Å². The molecule has 0 N–H and O–H groups in total. The van der Waals surface area contributed by atoms with Crippen molar-refractivity contribution in [3.8, 4) is 6.07 Å². The molecule has 0 radical (unpaired) electrons. The minimum Gasteiger partial charge on any atom is -0.366 e. The Kier molecular flexibility index (Phi) is 4.71. The van der Waals surface area contributed by atoms with Gasteiger partial charge in [0.1, 0.15) is 0 Å². The highest BCUT2D eigenvalue weighted by Crippen LogP contribution is 2.23. The van der Waals surface area contributed by atoms with Crippen LogP contribution in [0.3, 0.4) is 0 Å². The number of rotatable bonds is 4. The highest BCUT2D eigenvalue weighted by atomic mass is 15.1. The molecule has 0 unspecified atom stereocenters. The third-order valence-electron chi connectivity index (χ3n) is 2.82. The van der Waals surface area contributed by atoms with Crippen LogP contribution in [0.1, 0.15) is 23.6 Å². The maximum absolute atomic E-state index is 8.73. The molecule has 0 amide bonds. The molecule has 0 aromatic heterocycles. The van der Waals surface area contributed by atoms with Crippen LogP contribution in [0, 0.1) is 25.2 Å². The lowest BCUT2D eigenvalue weighted by Crippen LogP contribution is -2.14. The fourth-order valence-electron chi connectivity index (χ4n) is 1.52. The summed E-state index contributed by atoms with van der Waals surface area (Å²) in [5.41, 5.74) is 4.31. The van der Waals surface area contributed by atoms with Gasteiger partial charge in [0.25, 0.3) is 0 Å². The fourth-order valence-corrected chi connectivity index (χ4v) is 1.52. The van der Waals surface area contributed by atoms with E-state index in [2.05, 4.69) is 24.1 Å². The van der Waals surface area contributed by atoms with Gasteiger partial charge in [0, 0.05) is 13.6 Å². The molecular formula is C14H19N3. The van der Waals surface area contributed by atoms with Gasteiger partial charge in [-0.3, -0.25) is 0 Å². The molecule has 0 saturated heterocycles. The van der Waals surface area contributed by atoms with Gasteiger partial charge in [-0.05, 0) is 43.5 Å². The minimum atomic E-state index is 0.464. The van der Waals surface area contributed by atoms with Crippen molar-refractivity contribution < 1.29 is 0 Å². The van der Waals surface area contributed by atoms with E-state index in [-0.39, 0.29) is 0 Å². The zero-order valence-electron chi connectivity index (χ0n) is 11.0. The van der Waals surface area contributed by atoms with Crippen molar-refractivity contribution in [2.45, 2.75) is 27.2 Å². The average Bonchev–Trinajstić information content (AvgIpc) is 2.31. The first-order chi connectivity index (χ1) is 8.08. The van der Waals surface area contributed by atoms with E-state index < -0.39 is 0 Å². The zero-order chi connectivity index (χ0) is 12.8. The van der Waals surface area contributed by atoms with E-state index >= 15 is 0 Å². The fraction of sp³-hybridized carbons (Fsp3) is 0.429. The molecule has 3 nitrogen and oxygen atoms in total. The van der Waals surface area contributed by atoms with Gasteiger partial charge in [-0.1, -0.05) is 6.07 Å². The molecule has 0 aliphatic heterocycles. The smallest absolute Gasteiger partial charge is 0.0909 e. The number of hydrogen-bond donors (Lipinski definition) is 0. The molecule has 0 heterocycles. The minimum absolute atomic E-state index is 0.464. The number of benzene rings is 1. The van der Waals surface area contributed by atoms with Gasteiger partial charge in [0.2, 0.25) is 0 Å². The van der Waals surface area contributed by atoms with Crippen LogP contribution in [-0.4, -0.2) is 24.8 Å². The molecule has 0 aliphatic carbocycles. The van der Waals surface area contributed by atoms with Gasteiger partial charge in [0.15, 0.2) is 0 Å². The van der Waals surface area contributed by atoms with E-state index in [0.29, 0.717) is 6.42 Å². The molecule has 90 valence electrons. The number of nitriles is 1. The molecule has 0 saturated carbocycles. The molecule has 1 rings (SSSR count). The monoisotopic (exact) mass is 229 g/mol. The van der Waals surface area contributed by atoms with E-state index in [1.54, 1.807) is 0 Å². The van der Waals surface area contributed by atoms with E-state index in [9.17, 15) is 0 Å². The van der Waals surface area contributed by atoms with Crippen LogP contribution in [0.5, 0.6) is 0 Å². The van der Waals surface area contributed by atoms with Crippen LogP contribution < -0.4 is 0 Å². The first kappa shape index (κ1) is 13.2. The topological polar surface area (TPSA) is 39.4 Å². The summed E-state index contributed by atoms with van der Waals surface area (Å²) in [6, 6.07) is 6.28. The highest BCUT2D eigenvalue weighted by Gasteiger charge is 2.03. The second-order valence-electron chi connectivity index (χ2n) is 4.22. The van der Waals surface area contributed by atoms with Gasteiger partial charge >= 0.3 is 0 Å². The summed E-state index contributed by atoms with van der Waals surface area (Å²) >= 11 is 0. The van der Waals surface area contributed by atoms with Crippen molar-refractivity contribution in [3.05, 3.63) is 28.8 Å². The third-order valence-corrected chi connectivity index (χ3v) is 2.82. The van der Waals surface area contributed by atoms with E-state index in [4.69, 9.17) is 5.26 Å². The van der Waals surface area contributed by atoms with Gasteiger partial charge in [-0.15, -0.1) is 0 Å². The van der Waals surface area contributed by atoms with Gasteiger partial charge < -0.3 is 4.90 Å². The summed E-state index contributed by atoms with van der Waals surface area (Å²) in [5, 5.41) is 8.73. The number of nitrogens with zero attached hydrogens (tertiary/aromatic N) is 3. The Morgan fingerprint density at radius 2 is 2.06 bits per heavy atom. The average molecular weight is 229 g/mol. The van der Waals surface area contributed by atoms with Crippen molar-refractivity contribution in [2.75, 3.05) is 13.6 Å². The second kappa shape index (κ2) is 6.05. The maximum atomic E-state index is 8.73. The largest absolute Gasteiger partial charge is 0.366 e. The Hall–Kier alpha value is -1.82. The number of aryl methyl sites for hydroxylation is 2. The van der Waals surface area contributed by atoms with E-state index in [1.165, 1.54) is 0 Å². The molecular weight excluding hydrogens is 210 g/mol. The highest BCUT2D eigenvalue weighted by molar-refractivity contribution is 5.64. The van der Waals surface area contributed by atoms with Crippen molar-refractivity contribution in [3.63, 3.8) is 0 Å². The van der Waals surface area contributed by atoms with Crippen LogP contribution in [0.4, 0.5) is 5.69 Å². The predicted molar refractivity (Wildman–Crippen MR) is 71.7 cm³/mol. The number of hydrogen-bond acceptors (Lipinski definition) is 2. The van der Waals surface area contributed by atoms with Gasteiger partial charge in [0.05, 0.1) is 24.5 Å². The lowest BCUT2D eigenvalue weighted by Gasteiger charge is -2.10. The molecule has 0 aliphatic rings. The van der Waals surface area contributed by atoms with Crippen LogP contribution >= 0.6 is 0 Å². The molecule has 0 bridgehead atoms. The summed E-state index contributed by atoms with van der Waals surface area (Å²) < 4.78 is 0. The quantitative estimate of drug-likeness (QED) is 0.588.